The van der Waals surface area contributed by atoms with Crippen LogP contribution in [0, 0.1) is 17.1 Å². The van der Waals surface area contributed by atoms with Gasteiger partial charge in [-0.05, 0) is 29.8 Å². The maximum Gasteiger partial charge on any atom is 0.254 e. The Labute approximate surface area is 116 Å². The largest absolute Gasteiger partial charge is 0.337 e. The standard InChI is InChI=1S/C15H12FN3O/c1-19(10-11-3-2-4-13(16)7-11)15(20)12-5-6-18-14(8-12)9-17/h2-8H,10H2,1H3. The van der Waals surface area contributed by atoms with Crippen LogP contribution >= 0.6 is 0 Å². The van der Waals surface area contributed by atoms with Crippen molar-refractivity contribution in [1.29, 1.82) is 5.26 Å². The maximum absolute atomic E-state index is 13.1. The van der Waals surface area contributed by atoms with E-state index in [-0.39, 0.29) is 17.4 Å². The van der Waals surface area contributed by atoms with Crippen molar-refractivity contribution in [3.8, 4) is 6.07 Å². The van der Waals surface area contributed by atoms with Gasteiger partial charge in [0.05, 0.1) is 0 Å². The van der Waals surface area contributed by atoms with E-state index in [2.05, 4.69) is 4.98 Å². The molecule has 0 atom stereocenters. The summed E-state index contributed by atoms with van der Waals surface area (Å²) in [6.07, 6.45) is 1.42. The van der Waals surface area contributed by atoms with Gasteiger partial charge in [0, 0.05) is 25.4 Å². The summed E-state index contributed by atoms with van der Waals surface area (Å²) >= 11 is 0. The Morgan fingerprint density at radius 3 is 2.90 bits per heavy atom. The summed E-state index contributed by atoms with van der Waals surface area (Å²) in [7, 11) is 1.62. The highest BCUT2D eigenvalue weighted by Gasteiger charge is 2.13. The van der Waals surface area contributed by atoms with Crippen molar-refractivity contribution in [2.24, 2.45) is 0 Å². The number of rotatable bonds is 3. The number of amides is 1. The minimum atomic E-state index is -0.334. The molecule has 20 heavy (non-hydrogen) atoms. The lowest BCUT2D eigenvalue weighted by Gasteiger charge is -2.17. The second kappa shape index (κ2) is 5.93. The van der Waals surface area contributed by atoms with Crippen molar-refractivity contribution in [2.75, 3.05) is 7.05 Å². The molecule has 4 nitrogen and oxygen atoms in total. The number of aromatic nitrogens is 1. The molecule has 1 amide bonds. The smallest absolute Gasteiger partial charge is 0.254 e. The zero-order valence-electron chi connectivity index (χ0n) is 10.9. The predicted molar refractivity (Wildman–Crippen MR) is 71.1 cm³/mol. The van der Waals surface area contributed by atoms with Crippen LogP contribution in [0.5, 0.6) is 0 Å². The highest BCUT2D eigenvalue weighted by Crippen LogP contribution is 2.10. The summed E-state index contributed by atoms with van der Waals surface area (Å²) < 4.78 is 13.1. The summed E-state index contributed by atoms with van der Waals surface area (Å²) in [5.74, 6) is -0.577. The fourth-order valence-corrected chi connectivity index (χ4v) is 1.83. The van der Waals surface area contributed by atoms with Crippen molar-refractivity contribution in [2.45, 2.75) is 6.54 Å². The molecule has 1 aromatic heterocycles. The van der Waals surface area contributed by atoms with Gasteiger partial charge in [-0.2, -0.15) is 5.26 Å². The third-order valence-corrected chi connectivity index (χ3v) is 2.78. The van der Waals surface area contributed by atoms with Crippen LogP contribution in [0.4, 0.5) is 4.39 Å². The van der Waals surface area contributed by atoms with Gasteiger partial charge >= 0.3 is 0 Å². The van der Waals surface area contributed by atoms with Gasteiger partial charge in [-0.25, -0.2) is 9.37 Å². The summed E-state index contributed by atoms with van der Waals surface area (Å²) in [5, 5.41) is 8.77. The number of hydrogen-bond acceptors (Lipinski definition) is 3. The minimum absolute atomic E-state index is 0.190. The quantitative estimate of drug-likeness (QED) is 0.859. The molecule has 2 rings (SSSR count). The van der Waals surface area contributed by atoms with E-state index in [0.717, 1.165) is 0 Å². The second-order valence-electron chi connectivity index (χ2n) is 4.33. The summed E-state index contributed by atoms with van der Waals surface area (Å²) in [6, 6.07) is 11.0. The fourth-order valence-electron chi connectivity index (χ4n) is 1.83. The molecule has 0 unspecified atom stereocenters. The van der Waals surface area contributed by atoms with Crippen LogP contribution in [0.3, 0.4) is 0 Å². The van der Waals surface area contributed by atoms with Gasteiger partial charge in [0.1, 0.15) is 17.6 Å². The summed E-state index contributed by atoms with van der Waals surface area (Å²) in [4.78, 5) is 17.5. The van der Waals surface area contributed by atoms with Crippen LogP contribution in [0.1, 0.15) is 21.6 Å². The maximum atomic E-state index is 13.1. The van der Waals surface area contributed by atoms with Gasteiger partial charge in [-0.3, -0.25) is 4.79 Å². The van der Waals surface area contributed by atoms with Crippen LogP contribution in [0.25, 0.3) is 0 Å². The molecule has 0 saturated heterocycles. The van der Waals surface area contributed by atoms with Gasteiger partial charge in [0.15, 0.2) is 0 Å². The molecule has 1 aromatic carbocycles. The lowest BCUT2D eigenvalue weighted by molar-refractivity contribution is 0.0785. The lowest BCUT2D eigenvalue weighted by Crippen LogP contribution is -2.26. The zero-order chi connectivity index (χ0) is 14.5. The molecule has 0 aliphatic carbocycles. The van der Waals surface area contributed by atoms with Crippen molar-refractivity contribution in [3.63, 3.8) is 0 Å². The number of benzene rings is 1. The topological polar surface area (TPSA) is 57.0 Å². The molecule has 0 aliphatic heterocycles. The SMILES string of the molecule is CN(Cc1cccc(F)c1)C(=O)c1ccnc(C#N)c1. The molecule has 0 fully saturated rings. The molecule has 2 aromatic rings. The predicted octanol–water partition coefficient (Wildman–Crippen LogP) is 2.36. The van der Waals surface area contributed by atoms with E-state index in [0.29, 0.717) is 17.7 Å². The van der Waals surface area contributed by atoms with Crippen molar-refractivity contribution < 1.29 is 9.18 Å². The molecule has 5 heteroatoms. The average Bonchev–Trinajstić information content (AvgIpc) is 2.46. The molecule has 100 valence electrons. The number of nitrogens with zero attached hydrogens (tertiary/aromatic N) is 3. The number of halogens is 1. The van der Waals surface area contributed by atoms with E-state index in [9.17, 15) is 9.18 Å². The summed E-state index contributed by atoms with van der Waals surface area (Å²) in [5.41, 5.74) is 1.28. The van der Waals surface area contributed by atoms with E-state index < -0.39 is 0 Å². The number of nitriles is 1. The Kier molecular flexibility index (Phi) is 4.06. The van der Waals surface area contributed by atoms with Crippen LogP contribution in [-0.2, 0) is 6.54 Å². The molecule has 0 N–H and O–H groups in total. The summed E-state index contributed by atoms with van der Waals surface area (Å²) in [6.45, 7) is 0.292. The fraction of sp³-hybridized carbons (Fsp3) is 0.133. The van der Waals surface area contributed by atoms with E-state index in [1.807, 2.05) is 6.07 Å². The van der Waals surface area contributed by atoms with Crippen LogP contribution < -0.4 is 0 Å². The Bertz CT molecular complexity index is 679. The second-order valence-corrected chi connectivity index (χ2v) is 4.33. The van der Waals surface area contributed by atoms with Gasteiger partial charge in [-0.1, -0.05) is 12.1 Å². The molecule has 0 aliphatic rings. The van der Waals surface area contributed by atoms with E-state index >= 15 is 0 Å². The number of pyridine rings is 1. The first-order valence-electron chi connectivity index (χ1n) is 5.96. The average molecular weight is 269 g/mol. The Morgan fingerprint density at radius 1 is 1.40 bits per heavy atom. The number of carbonyl (C=O) groups excluding carboxylic acids is 1. The molecule has 0 saturated carbocycles. The number of hydrogen-bond donors (Lipinski definition) is 0. The van der Waals surface area contributed by atoms with E-state index in [4.69, 9.17) is 5.26 Å². The van der Waals surface area contributed by atoms with Gasteiger partial charge in [0.25, 0.3) is 5.91 Å². The minimum Gasteiger partial charge on any atom is -0.337 e. The lowest BCUT2D eigenvalue weighted by atomic mass is 10.1. The molecular formula is C15H12FN3O. The number of carbonyl (C=O) groups is 1. The van der Waals surface area contributed by atoms with Gasteiger partial charge in [-0.15, -0.1) is 0 Å². The third-order valence-electron chi connectivity index (χ3n) is 2.78. The van der Waals surface area contributed by atoms with Crippen molar-refractivity contribution in [3.05, 3.63) is 65.2 Å². The van der Waals surface area contributed by atoms with Crippen LogP contribution in [-0.4, -0.2) is 22.8 Å². The van der Waals surface area contributed by atoms with Crippen molar-refractivity contribution in [1.82, 2.24) is 9.88 Å². The van der Waals surface area contributed by atoms with Gasteiger partial charge < -0.3 is 4.90 Å². The monoisotopic (exact) mass is 269 g/mol. The van der Waals surface area contributed by atoms with Crippen molar-refractivity contribution >= 4 is 5.91 Å². The zero-order valence-corrected chi connectivity index (χ0v) is 10.9. The highest BCUT2D eigenvalue weighted by molar-refractivity contribution is 5.94. The molecule has 0 radical (unpaired) electrons. The van der Waals surface area contributed by atoms with E-state index in [1.54, 1.807) is 25.2 Å². The Balaban J connectivity index is 2.14. The molecule has 0 spiro atoms. The van der Waals surface area contributed by atoms with Crippen LogP contribution in [0.15, 0.2) is 42.6 Å². The third kappa shape index (κ3) is 3.18. The normalized spacial score (nSPS) is 9.85. The highest BCUT2D eigenvalue weighted by atomic mass is 19.1. The van der Waals surface area contributed by atoms with Gasteiger partial charge in [0.2, 0.25) is 0 Å². The molecular weight excluding hydrogens is 257 g/mol. The molecule has 1 heterocycles. The Morgan fingerprint density at radius 2 is 2.20 bits per heavy atom. The Hall–Kier alpha value is -2.74. The van der Waals surface area contributed by atoms with Crippen LogP contribution in [0.2, 0.25) is 0 Å². The first-order chi connectivity index (χ1) is 9.60. The molecule has 0 bridgehead atoms. The van der Waals surface area contributed by atoms with E-state index in [1.165, 1.54) is 29.3 Å². The first kappa shape index (κ1) is 13.7. The first-order valence-corrected chi connectivity index (χ1v) is 5.96.